The van der Waals surface area contributed by atoms with Gasteiger partial charge in [-0.3, -0.25) is 4.55 Å². The molecule has 0 aliphatic rings. The van der Waals surface area contributed by atoms with Gasteiger partial charge in [-0.1, -0.05) is 19.8 Å². The van der Waals surface area contributed by atoms with Crippen molar-refractivity contribution >= 4 is 10.1 Å². The van der Waals surface area contributed by atoms with Crippen molar-refractivity contribution in [1.82, 2.24) is 0 Å². The van der Waals surface area contributed by atoms with E-state index in [1.165, 1.54) is 0 Å². The van der Waals surface area contributed by atoms with Crippen LogP contribution in [0.15, 0.2) is 0 Å². The molecule has 0 heterocycles. The summed E-state index contributed by atoms with van der Waals surface area (Å²) in [5.74, 6) is -0.549. The Morgan fingerprint density at radius 3 is 2.36 bits per heavy atom. The van der Waals surface area contributed by atoms with Crippen LogP contribution in [0, 0.1) is 0 Å². The number of aliphatic hydroxyl groups excluding tert-OH is 1. The van der Waals surface area contributed by atoms with E-state index < -0.39 is 22.0 Å². The second kappa shape index (κ2) is 4.69. The Hall–Kier alpha value is -0.130. The molecule has 1 unspecified atom stereocenters. The number of rotatable bonds is 5. The van der Waals surface area contributed by atoms with E-state index >= 15 is 0 Å². The van der Waals surface area contributed by atoms with Crippen LogP contribution in [0.2, 0.25) is 0 Å². The SMILES string of the molecule is CCCCC(O)CS(=O)(=O)O. The minimum absolute atomic E-state index is 0.427. The third kappa shape index (κ3) is 7.77. The van der Waals surface area contributed by atoms with Crippen LogP contribution in [0.5, 0.6) is 0 Å². The molecule has 11 heavy (non-hydrogen) atoms. The van der Waals surface area contributed by atoms with E-state index in [9.17, 15) is 8.42 Å². The standard InChI is InChI=1S/C6H14O4S/c1-2-3-4-6(7)5-11(8,9)10/h6-7H,2-5H2,1H3,(H,8,9,10). The fourth-order valence-corrected chi connectivity index (χ4v) is 1.42. The highest BCUT2D eigenvalue weighted by Crippen LogP contribution is 2.01. The van der Waals surface area contributed by atoms with Gasteiger partial charge in [0.1, 0.15) is 5.75 Å². The predicted octanol–water partition coefficient (Wildman–Crippen LogP) is 0.425. The molecule has 0 aliphatic heterocycles. The second-order valence-corrected chi connectivity index (χ2v) is 4.04. The molecule has 2 N–H and O–H groups in total. The molecular weight excluding hydrogens is 168 g/mol. The highest BCUT2D eigenvalue weighted by Gasteiger charge is 2.12. The molecule has 0 saturated carbocycles. The average molecular weight is 182 g/mol. The van der Waals surface area contributed by atoms with Crippen LogP contribution in [0.1, 0.15) is 26.2 Å². The summed E-state index contributed by atoms with van der Waals surface area (Å²) in [6.07, 6.45) is 1.18. The molecule has 0 radical (unpaired) electrons. The molecule has 0 amide bonds. The largest absolute Gasteiger partial charge is 0.392 e. The first-order chi connectivity index (χ1) is 4.95. The summed E-state index contributed by atoms with van der Waals surface area (Å²) in [6, 6.07) is 0. The van der Waals surface area contributed by atoms with Gasteiger partial charge in [0, 0.05) is 0 Å². The smallest absolute Gasteiger partial charge is 0.267 e. The molecule has 68 valence electrons. The molecule has 0 saturated heterocycles. The van der Waals surface area contributed by atoms with Gasteiger partial charge in [0.2, 0.25) is 0 Å². The van der Waals surface area contributed by atoms with E-state index in [1.807, 2.05) is 6.92 Å². The van der Waals surface area contributed by atoms with Crippen LogP contribution in [-0.2, 0) is 10.1 Å². The van der Waals surface area contributed by atoms with Crippen molar-refractivity contribution in [2.75, 3.05) is 5.75 Å². The van der Waals surface area contributed by atoms with E-state index in [1.54, 1.807) is 0 Å². The van der Waals surface area contributed by atoms with Gasteiger partial charge in [0.25, 0.3) is 10.1 Å². The van der Waals surface area contributed by atoms with E-state index in [-0.39, 0.29) is 0 Å². The average Bonchev–Trinajstić information content (AvgIpc) is 1.79. The molecule has 0 spiro atoms. The van der Waals surface area contributed by atoms with Crippen LogP contribution >= 0.6 is 0 Å². The quantitative estimate of drug-likeness (QED) is 0.604. The summed E-state index contributed by atoms with van der Waals surface area (Å²) >= 11 is 0. The maximum Gasteiger partial charge on any atom is 0.267 e. The van der Waals surface area contributed by atoms with Crippen LogP contribution in [0.25, 0.3) is 0 Å². The van der Waals surface area contributed by atoms with Crippen LogP contribution in [0.3, 0.4) is 0 Å². The predicted molar refractivity (Wildman–Crippen MR) is 41.9 cm³/mol. The Kier molecular flexibility index (Phi) is 4.63. The van der Waals surface area contributed by atoms with Gasteiger partial charge >= 0.3 is 0 Å². The Bertz CT molecular complexity index is 185. The van der Waals surface area contributed by atoms with Crippen molar-refractivity contribution in [2.45, 2.75) is 32.3 Å². The number of aliphatic hydroxyl groups is 1. The lowest BCUT2D eigenvalue weighted by molar-refractivity contribution is 0.181. The molecule has 0 aromatic heterocycles. The van der Waals surface area contributed by atoms with Crippen molar-refractivity contribution in [3.63, 3.8) is 0 Å². The van der Waals surface area contributed by atoms with Crippen molar-refractivity contribution in [1.29, 1.82) is 0 Å². The van der Waals surface area contributed by atoms with Crippen molar-refractivity contribution in [2.24, 2.45) is 0 Å². The highest BCUT2D eigenvalue weighted by atomic mass is 32.2. The maximum atomic E-state index is 10.2. The number of hydrogen-bond acceptors (Lipinski definition) is 3. The monoisotopic (exact) mass is 182 g/mol. The topological polar surface area (TPSA) is 74.6 Å². The normalized spacial score (nSPS) is 14.8. The third-order valence-corrected chi connectivity index (χ3v) is 2.10. The number of hydrogen-bond donors (Lipinski definition) is 2. The number of unbranched alkanes of at least 4 members (excludes halogenated alkanes) is 1. The minimum atomic E-state index is -4.00. The summed E-state index contributed by atoms with van der Waals surface area (Å²) in [5, 5.41) is 8.98. The van der Waals surface area contributed by atoms with Crippen LogP contribution in [-0.4, -0.2) is 29.9 Å². The fraction of sp³-hybridized carbons (Fsp3) is 1.00. The van der Waals surface area contributed by atoms with Gasteiger partial charge in [-0.15, -0.1) is 0 Å². The lowest BCUT2D eigenvalue weighted by Crippen LogP contribution is -2.19. The summed E-state index contributed by atoms with van der Waals surface area (Å²) in [6.45, 7) is 1.94. The minimum Gasteiger partial charge on any atom is -0.392 e. The van der Waals surface area contributed by atoms with Gasteiger partial charge in [0.05, 0.1) is 6.10 Å². The molecule has 0 aromatic carbocycles. The molecule has 4 nitrogen and oxygen atoms in total. The van der Waals surface area contributed by atoms with E-state index in [0.29, 0.717) is 6.42 Å². The van der Waals surface area contributed by atoms with Gasteiger partial charge < -0.3 is 5.11 Å². The van der Waals surface area contributed by atoms with Gasteiger partial charge in [-0.2, -0.15) is 8.42 Å². The second-order valence-electron chi connectivity index (χ2n) is 2.54. The van der Waals surface area contributed by atoms with Crippen molar-refractivity contribution < 1.29 is 18.1 Å². The fourth-order valence-electron chi connectivity index (χ4n) is 0.766. The first-order valence-corrected chi connectivity index (χ1v) is 5.20. The Morgan fingerprint density at radius 1 is 1.45 bits per heavy atom. The molecule has 0 bridgehead atoms. The Labute approximate surface area is 67.0 Å². The van der Waals surface area contributed by atoms with Crippen molar-refractivity contribution in [3.05, 3.63) is 0 Å². The Balaban J connectivity index is 3.61. The highest BCUT2D eigenvalue weighted by molar-refractivity contribution is 7.85. The summed E-state index contributed by atoms with van der Waals surface area (Å²) < 4.78 is 28.7. The van der Waals surface area contributed by atoms with E-state index in [0.717, 1.165) is 12.8 Å². The summed E-state index contributed by atoms with van der Waals surface area (Å²) in [4.78, 5) is 0. The molecule has 0 aromatic rings. The van der Waals surface area contributed by atoms with Crippen molar-refractivity contribution in [3.8, 4) is 0 Å². The summed E-state index contributed by atoms with van der Waals surface area (Å²) in [5.41, 5.74) is 0. The lowest BCUT2D eigenvalue weighted by Gasteiger charge is -2.06. The molecule has 1 atom stereocenters. The van der Waals surface area contributed by atoms with Crippen LogP contribution in [0.4, 0.5) is 0 Å². The Morgan fingerprint density at radius 2 is 2.00 bits per heavy atom. The summed E-state index contributed by atoms with van der Waals surface area (Å²) in [7, 11) is -4.00. The molecule has 0 rings (SSSR count). The van der Waals surface area contributed by atoms with Gasteiger partial charge in [-0.25, -0.2) is 0 Å². The van der Waals surface area contributed by atoms with Gasteiger partial charge in [0.15, 0.2) is 0 Å². The molecule has 0 fully saturated rings. The zero-order valence-electron chi connectivity index (χ0n) is 6.52. The first-order valence-electron chi connectivity index (χ1n) is 3.59. The third-order valence-electron chi connectivity index (χ3n) is 1.29. The zero-order chi connectivity index (χ0) is 8.91. The molecular formula is C6H14O4S. The zero-order valence-corrected chi connectivity index (χ0v) is 7.34. The van der Waals surface area contributed by atoms with E-state index in [4.69, 9.17) is 9.66 Å². The lowest BCUT2D eigenvalue weighted by atomic mass is 10.2. The molecule has 0 aliphatic carbocycles. The maximum absolute atomic E-state index is 10.2. The van der Waals surface area contributed by atoms with Crippen LogP contribution < -0.4 is 0 Å². The molecule has 5 heteroatoms. The van der Waals surface area contributed by atoms with E-state index in [2.05, 4.69) is 0 Å². The first kappa shape index (κ1) is 10.9. The van der Waals surface area contributed by atoms with Gasteiger partial charge in [-0.05, 0) is 6.42 Å².